The maximum absolute atomic E-state index is 11.9. The molecule has 2 aliphatic rings. The lowest BCUT2D eigenvalue weighted by Crippen LogP contribution is -2.35. The van der Waals surface area contributed by atoms with E-state index in [0.29, 0.717) is 5.92 Å². The summed E-state index contributed by atoms with van der Waals surface area (Å²) in [5.41, 5.74) is 2.65. The molecule has 0 N–H and O–H groups in total. The van der Waals surface area contributed by atoms with Gasteiger partial charge < -0.3 is 4.74 Å². The van der Waals surface area contributed by atoms with E-state index >= 15 is 0 Å². The summed E-state index contributed by atoms with van der Waals surface area (Å²) in [5, 5.41) is 0. The Kier molecular flexibility index (Phi) is 3.94. The minimum atomic E-state index is -0.127. The molecule has 18 heavy (non-hydrogen) atoms. The minimum Gasteiger partial charge on any atom is -0.466 e. The number of carbonyl (C=O) groups is 1. The molecule has 0 radical (unpaired) electrons. The maximum Gasteiger partial charge on any atom is 0.333 e. The van der Waals surface area contributed by atoms with Crippen LogP contribution in [0.5, 0.6) is 0 Å². The van der Waals surface area contributed by atoms with Gasteiger partial charge in [0.25, 0.3) is 0 Å². The van der Waals surface area contributed by atoms with Gasteiger partial charge in [-0.2, -0.15) is 0 Å². The number of hydrogen-bond acceptors (Lipinski definition) is 2. The van der Waals surface area contributed by atoms with Gasteiger partial charge in [-0.15, -0.1) is 0 Å². The van der Waals surface area contributed by atoms with Crippen molar-refractivity contribution in [2.45, 2.75) is 52.4 Å². The Balaban J connectivity index is 2.31. The SMILES string of the molecule is COC(=O)C1=CCC[C@@]2(C)CCC/C(C)=C\C[C@@H]12. The van der Waals surface area contributed by atoms with Crippen molar-refractivity contribution in [1.82, 2.24) is 0 Å². The molecule has 0 saturated heterocycles. The normalized spacial score (nSPS) is 35.4. The fourth-order valence-electron chi connectivity index (χ4n) is 3.50. The largest absolute Gasteiger partial charge is 0.466 e. The number of allylic oxidation sites excluding steroid dienone is 3. The number of rotatable bonds is 1. The minimum absolute atomic E-state index is 0.127. The van der Waals surface area contributed by atoms with Gasteiger partial charge >= 0.3 is 5.97 Å². The number of ether oxygens (including phenoxy) is 1. The van der Waals surface area contributed by atoms with Gasteiger partial charge in [0.05, 0.1) is 7.11 Å². The molecule has 2 heteroatoms. The molecule has 0 aromatic carbocycles. The van der Waals surface area contributed by atoms with Crippen LogP contribution in [0.15, 0.2) is 23.3 Å². The first-order valence-electron chi connectivity index (χ1n) is 7.01. The average molecular weight is 248 g/mol. The van der Waals surface area contributed by atoms with E-state index in [-0.39, 0.29) is 11.4 Å². The zero-order chi connectivity index (χ0) is 13.2. The quantitative estimate of drug-likeness (QED) is 0.517. The summed E-state index contributed by atoms with van der Waals surface area (Å²) in [4.78, 5) is 11.9. The predicted molar refractivity (Wildman–Crippen MR) is 73.2 cm³/mol. The summed E-state index contributed by atoms with van der Waals surface area (Å²) in [7, 11) is 1.49. The van der Waals surface area contributed by atoms with Crippen LogP contribution in [0.1, 0.15) is 52.4 Å². The van der Waals surface area contributed by atoms with E-state index in [2.05, 4.69) is 26.0 Å². The van der Waals surface area contributed by atoms with Crippen molar-refractivity contribution in [3.8, 4) is 0 Å². The molecule has 0 unspecified atom stereocenters. The molecule has 0 fully saturated rings. The van der Waals surface area contributed by atoms with E-state index < -0.39 is 0 Å². The van der Waals surface area contributed by atoms with Gasteiger partial charge in [0.15, 0.2) is 0 Å². The second-order valence-electron chi connectivity index (χ2n) is 6.04. The molecule has 0 aliphatic heterocycles. The van der Waals surface area contributed by atoms with Crippen molar-refractivity contribution >= 4 is 5.97 Å². The Hall–Kier alpha value is -1.05. The summed E-state index contributed by atoms with van der Waals surface area (Å²) in [6.45, 7) is 4.55. The highest BCUT2D eigenvalue weighted by atomic mass is 16.5. The molecule has 0 aromatic rings. The topological polar surface area (TPSA) is 26.3 Å². The fourth-order valence-corrected chi connectivity index (χ4v) is 3.50. The van der Waals surface area contributed by atoms with Crippen molar-refractivity contribution in [2.75, 3.05) is 7.11 Å². The van der Waals surface area contributed by atoms with Gasteiger partial charge in [0, 0.05) is 5.57 Å². The third-order valence-corrected chi connectivity index (χ3v) is 4.74. The van der Waals surface area contributed by atoms with E-state index in [4.69, 9.17) is 4.74 Å². The summed E-state index contributed by atoms with van der Waals surface area (Å²) in [6.07, 6.45) is 11.3. The van der Waals surface area contributed by atoms with Gasteiger partial charge in [-0.1, -0.05) is 24.6 Å². The van der Waals surface area contributed by atoms with Crippen LogP contribution >= 0.6 is 0 Å². The predicted octanol–water partition coefficient (Wildman–Crippen LogP) is 4.02. The van der Waals surface area contributed by atoms with Crippen LogP contribution in [0.3, 0.4) is 0 Å². The Morgan fingerprint density at radius 2 is 2.17 bits per heavy atom. The van der Waals surface area contributed by atoms with Crippen LogP contribution in [-0.2, 0) is 9.53 Å². The van der Waals surface area contributed by atoms with Gasteiger partial charge in [0.1, 0.15) is 0 Å². The van der Waals surface area contributed by atoms with Crippen LogP contribution in [-0.4, -0.2) is 13.1 Å². The lowest BCUT2D eigenvalue weighted by atomic mass is 9.62. The monoisotopic (exact) mass is 248 g/mol. The van der Waals surface area contributed by atoms with Crippen LogP contribution < -0.4 is 0 Å². The molecule has 0 bridgehead atoms. The number of esters is 1. The van der Waals surface area contributed by atoms with Crippen LogP contribution in [0.25, 0.3) is 0 Å². The van der Waals surface area contributed by atoms with E-state index in [1.54, 1.807) is 0 Å². The second kappa shape index (κ2) is 5.29. The molecular formula is C16H24O2. The first-order chi connectivity index (χ1) is 8.57. The summed E-state index contributed by atoms with van der Waals surface area (Å²) in [6, 6.07) is 0. The highest BCUT2D eigenvalue weighted by Gasteiger charge is 2.40. The Bertz CT molecular complexity index is 392. The highest BCUT2D eigenvalue weighted by Crippen LogP contribution is 2.48. The molecule has 0 amide bonds. The standard InChI is InChI=1S/C16H24O2/c1-12-6-4-10-16(2)11-5-7-13(15(17)18-3)14(16)9-8-12/h7-8,14H,4-6,9-11H2,1-3H3/b12-8-/t14-,16+/m0/s1. The molecule has 2 atom stereocenters. The second-order valence-corrected chi connectivity index (χ2v) is 6.04. The fraction of sp³-hybridized carbons (Fsp3) is 0.688. The molecule has 2 rings (SSSR count). The van der Waals surface area contributed by atoms with Gasteiger partial charge in [-0.3, -0.25) is 0 Å². The summed E-state index contributed by atoms with van der Waals surface area (Å²) < 4.78 is 4.95. The summed E-state index contributed by atoms with van der Waals surface area (Å²) >= 11 is 0. The molecule has 0 spiro atoms. The molecular weight excluding hydrogens is 224 g/mol. The zero-order valence-corrected chi connectivity index (χ0v) is 11.8. The van der Waals surface area contributed by atoms with Gasteiger partial charge in [0.2, 0.25) is 0 Å². The van der Waals surface area contributed by atoms with E-state index in [9.17, 15) is 4.79 Å². The van der Waals surface area contributed by atoms with Crippen molar-refractivity contribution in [3.63, 3.8) is 0 Å². The number of fused-ring (bicyclic) bond motifs is 1. The lowest BCUT2D eigenvalue weighted by Gasteiger charge is -2.42. The third kappa shape index (κ3) is 2.52. The van der Waals surface area contributed by atoms with Crippen molar-refractivity contribution in [3.05, 3.63) is 23.3 Å². The molecule has 2 nitrogen and oxygen atoms in total. The first-order valence-corrected chi connectivity index (χ1v) is 7.01. The van der Waals surface area contributed by atoms with Crippen LogP contribution in [0.4, 0.5) is 0 Å². The zero-order valence-electron chi connectivity index (χ0n) is 11.8. The van der Waals surface area contributed by atoms with E-state index in [1.165, 1.54) is 38.4 Å². The van der Waals surface area contributed by atoms with Crippen molar-refractivity contribution in [2.24, 2.45) is 11.3 Å². The molecule has 100 valence electrons. The van der Waals surface area contributed by atoms with Crippen LogP contribution in [0.2, 0.25) is 0 Å². The molecule has 2 aliphatic carbocycles. The number of methoxy groups -OCH3 is 1. The lowest BCUT2D eigenvalue weighted by molar-refractivity contribution is -0.137. The molecule has 0 saturated carbocycles. The van der Waals surface area contributed by atoms with Gasteiger partial charge in [-0.05, 0) is 56.8 Å². The number of carbonyl (C=O) groups excluding carboxylic acids is 1. The third-order valence-electron chi connectivity index (χ3n) is 4.74. The Labute approximate surface area is 110 Å². The maximum atomic E-state index is 11.9. The summed E-state index contributed by atoms with van der Waals surface area (Å²) in [5.74, 6) is 0.214. The highest BCUT2D eigenvalue weighted by molar-refractivity contribution is 5.89. The first kappa shape index (κ1) is 13.4. The Morgan fingerprint density at radius 1 is 1.39 bits per heavy atom. The van der Waals surface area contributed by atoms with Crippen molar-refractivity contribution < 1.29 is 9.53 Å². The molecule has 0 aromatic heterocycles. The molecule has 0 heterocycles. The Morgan fingerprint density at radius 3 is 2.89 bits per heavy atom. The smallest absolute Gasteiger partial charge is 0.333 e. The van der Waals surface area contributed by atoms with E-state index in [1.807, 2.05) is 0 Å². The van der Waals surface area contributed by atoms with Crippen LogP contribution in [0, 0.1) is 11.3 Å². The van der Waals surface area contributed by atoms with Crippen molar-refractivity contribution in [1.29, 1.82) is 0 Å². The van der Waals surface area contributed by atoms with E-state index in [0.717, 1.165) is 18.4 Å². The average Bonchev–Trinajstić information content (AvgIpc) is 2.34. The van der Waals surface area contributed by atoms with Gasteiger partial charge in [-0.25, -0.2) is 4.79 Å². The number of hydrogen-bond donors (Lipinski definition) is 0.